The SMILES string of the molecule is O=C(OC[C@H]1OC(c2ccccc2)O[C@H](COC(=O)c2ccccc2)C1O)c1ccccc1. The highest BCUT2D eigenvalue weighted by atomic mass is 16.7. The number of rotatable bonds is 7. The fourth-order valence-electron chi connectivity index (χ4n) is 3.42. The van der Waals surface area contributed by atoms with Gasteiger partial charge in [0, 0.05) is 5.56 Å². The van der Waals surface area contributed by atoms with E-state index in [1.54, 1.807) is 60.7 Å². The van der Waals surface area contributed by atoms with Gasteiger partial charge in [0.2, 0.25) is 0 Å². The van der Waals surface area contributed by atoms with Crippen LogP contribution in [0.3, 0.4) is 0 Å². The lowest BCUT2D eigenvalue weighted by Gasteiger charge is -2.39. The van der Waals surface area contributed by atoms with Gasteiger partial charge in [-0.05, 0) is 24.3 Å². The maximum atomic E-state index is 12.3. The molecule has 0 aliphatic carbocycles. The minimum absolute atomic E-state index is 0.190. The Bertz CT molecular complexity index is 975. The number of hydrogen-bond donors (Lipinski definition) is 1. The highest BCUT2D eigenvalue weighted by molar-refractivity contribution is 5.89. The minimum atomic E-state index is -1.18. The number of aliphatic hydroxyl groups excluding tert-OH is 1. The van der Waals surface area contributed by atoms with Crippen LogP contribution in [0.25, 0.3) is 0 Å². The highest BCUT2D eigenvalue weighted by Crippen LogP contribution is 2.30. The van der Waals surface area contributed by atoms with Crippen molar-refractivity contribution in [2.24, 2.45) is 0 Å². The van der Waals surface area contributed by atoms with E-state index in [1.807, 2.05) is 30.3 Å². The van der Waals surface area contributed by atoms with Crippen molar-refractivity contribution in [2.45, 2.75) is 24.6 Å². The summed E-state index contributed by atoms with van der Waals surface area (Å²) >= 11 is 0. The Balaban J connectivity index is 1.44. The molecule has 0 aromatic heterocycles. The highest BCUT2D eigenvalue weighted by Gasteiger charge is 2.40. The first kappa shape index (κ1) is 22.7. The Kier molecular flexibility index (Phi) is 7.47. The first-order valence-corrected chi connectivity index (χ1v) is 10.6. The van der Waals surface area contributed by atoms with Gasteiger partial charge >= 0.3 is 11.9 Å². The average Bonchev–Trinajstić information content (AvgIpc) is 2.88. The summed E-state index contributed by atoms with van der Waals surface area (Å²) in [6, 6.07) is 26.3. The number of benzene rings is 3. The summed E-state index contributed by atoms with van der Waals surface area (Å²) in [4.78, 5) is 24.7. The van der Waals surface area contributed by atoms with Crippen molar-refractivity contribution in [3.05, 3.63) is 108 Å². The molecule has 33 heavy (non-hydrogen) atoms. The standard InChI is InChI=1S/C26H24O7/c27-23-21(16-30-24(28)18-10-4-1-5-11-18)32-26(20-14-8-3-9-15-20)33-22(23)17-31-25(29)19-12-6-2-7-13-19/h1-15,21-23,26-27H,16-17H2/t21-,22-,23?,26?/m1/s1. The molecule has 1 aliphatic rings. The third-order valence-corrected chi connectivity index (χ3v) is 5.21. The third-order valence-electron chi connectivity index (χ3n) is 5.21. The van der Waals surface area contributed by atoms with Crippen LogP contribution in [0.4, 0.5) is 0 Å². The van der Waals surface area contributed by atoms with Gasteiger partial charge in [-0.1, -0.05) is 66.7 Å². The quantitative estimate of drug-likeness (QED) is 0.553. The van der Waals surface area contributed by atoms with Gasteiger partial charge in [-0.15, -0.1) is 0 Å². The first-order valence-electron chi connectivity index (χ1n) is 10.6. The normalized spacial score (nSPS) is 22.3. The van der Waals surface area contributed by atoms with Crippen LogP contribution in [0.15, 0.2) is 91.0 Å². The Morgan fingerprint density at radius 3 is 1.48 bits per heavy atom. The summed E-state index contributed by atoms with van der Waals surface area (Å²) < 4.78 is 22.6. The van der Waals surface area contributed by atoms with Crippen molar-refractivity contribution in [1.82, 2.24) is 0 Å². The maximum absolute atomic E-state index is 12.3. The van der Waals surface area contributed by atoms with E-state index in [4.69, 9.17) is 18.9 Å². The fourth-order valence-corrected chi connectivity index (χ4v) is 3.42. The van der Waals surface area contributed by atoms with E-state index in [0.29, 0.717) is 11.1 Å². The Morgan fingerprint density at radius 2 is 1.06 bits per heavy atom. The zero-order chi connectivity index (χ0) is 23.0. The van der Waals surface area contributed by atoms with Crippen LogP contribution < -0.4 is 0 Å². The second kappa shape index (κ2) is 10.9. The molecule has 1 saturated heterocycles. The Hall–Kier alpha value is -3.52. The molecule has 1 fully saturated rings. The zero-order valence-corrected chi connectivity index (χ0v) is 17.8. The van der Waals surface area contributed by atoms with Crippen LogP contribution in [0.2, 0.25) is 0 Å². The monoisotopic (exact) mass is 448 g/mol. The molecule has 0 spiro atoms. The van der Waals surface area contributed by atoms with Gasteiger partial charge in [0.15, 0.2) is 6.29 Å². The summed E-state index contributed by atoms with van der Waals surface area (Å²) in [6.07, 6.45) is -3.76. The van der Waals surface area contributed by atoms with Crippen LogP contribution in [0.1, 0.15) is 32.6 Å². The van der Waals surface area contributed by atoms with Gasteiger partial charge in [0.25, 0.3) is 0 Å². The van der Waals surface area contributed by atoms with Crippen LogP contribution in [-0.4, -0.2) is 48.6 Å². The van der Waals surface area contributed by atoms with E-state index < -0.39 is 36.5 Å². The van der Waals surface area contributed by atoms with E-state index in [-0.39, 0.29) is 13.2 Å². The molecule has 1 aliphatic heterocycles. The number of hydrogen-bond acceptors (Lipinski definition) is 7. The van der Waals surface area contributed by atoms with E-state index >= 15 is 0 Å². The number of esters is 2. The van der Waals surface area contributed by atoms with Crippen molar-refractivity contribution in [3.63, 3.8) is 0 Å². The van der Waals surface area contributed by atoms with Crippen LogP contribution in [-0.2, 0) is 18.9 Å². The Labute approximate surface area is 191 Å². The van der Waals surface area contributed by atoms with Crippen LogP contribution in [0, 0.1) is 0 Å². The maximum Gasteiger partial charge on any atom is 0.338 e. The lowest BCUT2D eigenvalue weighted by atomic mass is 10.1. The summed E-state index contributed by atoms with van der Waals surface area (Å²) in [7, 11) is 0. The fraction of sp³-hybridized carbons (Fsp3) is 0.231. The van der Waals surface area contributed by atoms with Crippen molar-refractivity contribution < 1.29 is 33.6 Å². The molecular formula is C26H24O7. The lowest BCUT2D eigenvalue weighted by molar-refractivity contribution is -0.298. The van der Waals surface area contributed by atoms with E-state index in [1.165, 1.54) is 0 Å². The topological polar surface area (TPSA) is 91.3 Å². The first-order chi connectivity index (χ1) is 16.1. The van der Waals surface area contributed by atoms with Crippen LogP contribution >= 0.6 is 0 Å². The molecule has 0 unspecified atom stereocenters. The van der Waals surface area contributed by atoms with Crippen molar-refractivity contribution in [2.75, 3.05) is 13.2 Å². The summed E-state index contributed by atoms with van der Waals surface area (Å²) in [6.45, 7) is -0.380. The second-order valence-corrected chi connectivity index (χ2v) is 7.51. The van der Waals surface area contributed by atoms with E-state index in [9.17, 15) is 14.7 Å². The van der Waals surface area contributed by atoms with Crippen molar-refractivity contribution in [3.8, 4) is 0 Å². The molecule has 1 heterocycles. The number of aliphatic hydroxyl groups is 1. The molecule has 7 nitrogen and oxygen atoms in total. The summed E-state index contributed by atoms with van der Waals surface area (Å²) in [5.74, 6) is -1.05. The minimum Gasteiger partial charge on any atom is -0.459 e. The summed E-state index contributed by atoms with van der Waals surface area (Å²) in [5.41, 5.74) is 1.52. The van der Waals surface area contributed by atoms with Gasteiger partial charge in [-0.2, -0.15) is 0 Å². The molecule has 170 valence electrons. The predicted molar refractivity (Wildman–Crippen MR) is 118 cm³/mol. The molecule has 4 rings (SSSR count). The second-order valence-electron chi connectivity index (χ2n) is 7.51. The largest absolute Gasteiger partial charge is 0.459 e. The average molecular weight is 448 g/mol. The number of ether oxygens (including phenoxy) is 4. The molecule has 0 saturated carbocycles. The van der Waals surface area contributed by atoms with E-state index in [0.717, 1.165) is 5.56 Å². The molecule has 1 N–H and O–H groups in total. The molecule has 3 aromatic carbocycles. The lowest BCUT2D eigenvalue weighted by Crippen LogP contribution is -2.51. The molecule has 0 radical (unpaired) electrons. The molecule has 7 heteroatoms. The molecular weight excluding hydrogens is 424 g/mol. The molecule has 0 amide bonds. The van der Waals surface area contributed by atoms with Gasteiger partial charge in [0.05, 0.1) is 11.1 Å². The molecule has 0 bridgehead atoms. The van der Waals surface area contributed by atoms with Gasteiger partial charge in [0.1, 0.15) is 31.5 Å². The zero-order valence-electron chi connectivity index (χ0n) is 17.8. The van der Waals surface area contributed by atoms with Crippen molar-refractivity contribution in [1.29, 1.82) is 0 Å². The molecule has 3 aromatic rings. The number of carbonyl (C=O) groups excluding carboxylic acids is 2. The van der Waals surface area contributed by atoms with Gasteiger partial charge in [-0.3, -0.25) is 0 Å². The van der Waals surface area contributed by atoms with Gasteiger partial charge < -0.3 is 24.1 Å². The Morgan fingerprint density at radius 1 is 0.667 bits per heavy atom. The smallest absolute Gasteiger partial charge is 0.338 e. The van der Waals surface area contributed by atoms with E-state index in [2.05, 4.69) is 0 Å². The molecule has 2 atom stereocenters. The van der Waals surface area contributed by atoms with Crippen LogP contribution in [0.5, 0.6) is 0 Å². The predicted octanol–water partition coefficient (Wildman–Crippen LogP) is 3.54. The van der Waals surface area contributed by atoms with Gasteiger partial charge in [-0.25, -0.2) is 9.59 Å². The summed E-state index contributed by atoms with van der Waals surface area (Å²) in [5, 5.41) is 10.8. The number of carbonyl (C=O) groups is 2. The third kappa shape index (κ3) is 5.84. The van der Waals surface area contributed by atoms with Crippen molar-refractivity contribution >= 4 is 11.9 Å².